The Morgan fingerprint density at radius 1 is 1.29 bits per heavy atom. The van der Waals surface area contributed by atoms with Gasteiger partial charge in [0.25, 0.3) is 0 Å². The maximum atomic E-state index is 5.35. The largest absolute Gasteiger partial charge is 0.380 e. The molecule has 0 saturated heterocycles. The normalized spacial score (nSPS) is 10.9. The third kappa shape index (κ3) is 5.00. The van der Waals surface area contributed by atoms with Gasteiger partial charge in [-0.2, -0.15) is 5.10 Å². The highest BCUT2D eigenvalue weighted by Gasteiger charge is 2.05. The molecule has 1 heterocycles. The second kappa shape index (κ2) is 8.42. The van der Waals surface area contributed by atoms with Gasteiger partial charge in [-0.15, -0.1) is 0 Å². The molecule has 0 bridgehead atoms. The van der Waals surface area contributed by atoms with Crippen LogP contribution in [0.15, 0.2) is 0 Å². The predicted molar refractivity (Wildman–Crippen MR) is 71.8 cm³/mol. The van der Waals surface area contributed by atoms with E-state index in [2.05, 4.69) is 21.7 Å². The van der Waals surface area contributed by atoms with Crippen molar-refractivity contribution in [3.63, 3.8) is 0 Å². The van der Waals surface area contributed by atoms with Crippen molar-refractivity contribution in [1.82, 2.24) is 14.8 Å². The van der Waals surface area contributed by atoms with E-state index in [0.29, 0.717) is 11.4 Å². The molecule has 0 aromatic carbocycles. The molecule has 1 rings (SSSR count). The number of nitrogens with zero attached hydrogens (tertiary/aromatic N) is 2. The van der Waals surface area contributed by atoms with Gasteiger partial charge in [0.15, 0.2) is 4.77 Å². The molecule has 0 saturated carbocycles. The van der Waals surface area contributed by atoms with E-state index < -0.39 is 0 Å². The number of unbranched alkanes of at least 4 members (excludes halogenated alkanes) is 3. The van der Waals surface area contributed by atoms with Crippen LogP contribution in [0.2, 0.25) is 0 Å². The Labute approximate surface area is 108 Å². The van der Waals surface area contributed by atoms with Crippen LogP contribution in [0.1, 0.15) is 45.4 Å². The van der Waals surface area contributed by atoms with E-state index in [4.69, 9.17) is 17.0 Å². The summed E-state index contributed by atoms with van der Waals surface area (Å²) >= 11 is 5.21. The fourth-order valence-electron chi connectivity index (χ4n) is 1.78. The molecule has 1 aromatic rings. The van der Waals surface area contributed by atoms with Gasteiger partial charge < -0.3 is 9.30 Å². The van der Waals surface area contributed by atoms with Crippen LogP contribution in [0.3, 0.4) is 0 Å². The van der Waals surface area contributed by atoms with Crippen molar-refractivity contribution < 1.29 is 4.74 Å². The maximum absolute atomic E-state index is 5.35. The van der Waals surface area contributed by atoms with Gasteiger partial charge in [0.2, 0.25) is 0 Å². The molecule has 0 aliphatic carbocycles. The first-order chi connectivity index (χ1) is 8.29. The van der Waals surface area contributed by atoms with Gasteiger partial charge >= 0.3 is 0 Å². The topological polar surface area (TPSA) is 42.8 Å². The fourth-order valence-corrected chi connectivity index (χ4v) is 2.02. The number of ether oxygens (including phenoxy) is 1. The van der Waals surface area contributed by atoms with E-state index in [-0.39, 0.29) is 0 Å². The molecular weight excluding hydrogens is 234 g/mol. The van der Waals surface area contributed by atoms with E-state index in [1.807, 2.05) is 6.92 Å². The summed E-state index contributed by atoms with van der Waals surface area (Å²) in [5, 5.41) is 7.15. The Balaban J connectivity index is 2.44. The lowest BCUT2D eigenvalue weighted by molar-refractivity contribution is 0.138. The first kappa shape index (κ1) is 14.4. The number of aryl methyl sites for hydroxylation is 1. The lowest BCUT2D eigenvalue weighted by Gasteiger charge is -2.06. The van der Waals surface area contributed by atoms with Gasteiger partial charge in [-0.3, -0.25) is 5.10 Å². The van der Waals surface area contributed by atoms with Crippen LogP contribution >= 0.6 is 12.2 Å². The molecule has 0 atom stereocenters. The molecule has 0 spiro atoms. The Morgan fingerprint density at radius 2 is 2.12 bits per heavy atom. The summed E-state index contributed by atoms with van der Waals surface area (Å²) in [6.07, 6.45) is 6.00. The molecule has 0 amide bonds. The summed E-state index contributed by atoms with van der Waals surface area (Å²) in [6, 6.07) is 0. The lowest BCUT2D eigenvalue weighted by atomic mass is 10.1. The Hall–Kier alpha value is -0.680. The van der Waals surface area contributed by atoms with Crippen molar-refractivity contribution in [3.8, 4) is 0 Å². The minimum absolute atomic E-state index is 0.701. The van der Waals surface area contributed by atoms with Crippen LogP contribution < -0.4 is 0 Å². The smallest absolute Gasteiger partial charge is 0.195 e. The first-order valence-corrected chi connectivity index (χ1v) is 6.92. The SMILES string of the molecule is CCCCCCc1n[nH]c(=S)n1CCOCC. The van der Waals surface area contributed by atoms with Crippen LogP contribution in [-0.4, -0.2) is 28.0 Å². The van der Waals surface area contributed by atoms with Crippen LogP contribution in [0, 0.1) is 4.77 Å². The summed E-state index contributed by atoms with van der Waals surface area (Å²) in [6.45, 7) is 6.47. The van der Waals surface area contributed by atoms with E-state index >= 15 is 0 Å². The lowest BCUT2D eigenvalue weighted by Crippen LogP contribution is -2.09. The number of hydrogen-bond acceptors (Lipinski definition) is 3. The molecule has 0 aliphatic rings. The van der Waals surface area contributed by atoms with Crippen molar-refractivity contribution in [2.45, 2.75) is 52.5 Å². The van der Waals surface area contributed by atoms with Crippen molar-refractivity contribution >= 4 is 12.2 Å². The zero-order valence-corrected chi connectivity index (χ0v) is 11.7. The fraction of sp³-hybridized carbons (Fsp3) is 0.833. The Kier molecular flexibility index (Phi) is 7.12. The molecule has 0 fully saturated rings. The van der Waals surface area contributed by atoms with E-state index in [1.165, 1.54) is 25.7 Å². The molecule has 5 heteroatoms. The molecule has 0 aliphatic heterocycles. The van der Waals surface area contributed by atoms with E-state index in [1.54, 1.807) is 0 Å². The van der Waals surface area contributed by atoms with Gasteiger partial charge in [-0.25, -0.2) is 0 Å². The van der Waals surface area contributed by atoms with E-state index in [9.17, 15) is 0 Å². The standard InChI is InChI=1S/C12H23N3OS/c1-3-5-6-7-8-11-13-14-12(17)15(11)9-10-16-4-2/h3-10H2,1-2H3,(H,14,17). The minimum atomic E-state index is 0.701. The Morgan fingerprint density at radius 3 is 2.82 bits per heavy atom. The van der Waals surface area contributed by atoms with Crippen molar-refractivity contribution in [2.75, 3.05) is 13.2 Å². The molecular formula is C12H23N3OS. The third-order valence-electron chi connectivity index (χ3n) is 2.75. The van der Waals surface area contributed by atoms with Crippen LogP contribution in [0.5, 0.6) is 0 Å². The molecule has 0 radical (unpaired) electrons. The molecule has 17 heavy (non-hydrogen) atoms. The summed E-state index contributed by atoms with van der Waals surface area (Å²) in [4.78, 5) is 0. The van der Waals surface area contributed by atoms with Gasteiger partial charge in [-0.05, 0) is 25.6 Å². The molecule has 98 valence electrons. The summed E-state index contributed by atoms with van der Waals surface area (Å²) < 4.78 is 8.11. The van der Waals surface area contributed by atoms with Crippen molar-refractivity contribution in [1.29, 1.82) is 0 Å². The summed E-state index contributed by atoms with van der Waals surface area (Å²) in [7, 11) is 0. The highest BCUT2D eigenvalue weighted by Crippen LogP contribution is 2.06. The maximum Gasteiger partial charge on any atom is 0.195 e. The van der Waals surface area contributed by atoms with Crippen LogP contribution in [0.4, 0.5) is 0 Å². The second-order valence-electron chi connectivity index (χ2n) is 4.10. The molecule has 1 N–H and O–H groups in total. The van der Waals surface area contributed by atoms with E-state index in [0.717, 1.165) is 25.4 Å². The number of nitrogens with one attached hydrogen (secondary N) is 1. The average molecular weight is 257 g/mol. The predicted octanol–water partition coefficient (Wildman–Crippen LogP) is 3.10. The van der Waals surface area contributed by atoms with Gasteiger partial charge in [-0.1, -0.05) is 26.2 Å². The summed E-state index contributed by atoms with van der Waals surface area (Å²) in [5.41, 5.74) is 0. The van der Waals surface area contributed by atoms with Crippen LogP contribution in [0.25, 0.3) is 0 Å². The zero-order valence-electron chi connectivity index (χ0n) is 10.9. The van der Waals surface area contributed by atoms with Gasteiger partial charge in [0.05, 0.1) is 6.61 Å². The zero-order chi connectivity index (χ0) is 12.5. The first-order valence-electron chi connectivity index (χ1n) is 6.51. The van der Waals surface area contributed by atoms with Crippen LogP contribution in [-0.2, 0) is 17.7 Å². The molecule has 4 nitrogen and oxygen atoms in total. The quantitative estimate of drug-likeness (QED) is 0.546. The second-order valence-corrected chi connectivity index (χ2v) is 4.49. The Bertz CT molecular complexity index is 359. The average Bonchev–Trinajstić information content (AvgIpc) is 2.67. The minimum Gasteiger partial charge on any atom is -0.380 e. The van der Waals surface area contributed by atoms with Gasteiger partial charge in [0, 0.05) is 19.6 Å². The van der Waals surface area contributed by atoms with Crippen molar-refractivity contribution in [2.24, 2.45) is 0 Å². The number of rotatable bonds is 9. The highest BCUT2D eigenvalue weighted by molar-refractivity contribution is 7.71. The van der Waals surface area contributed by atoms with Gasteiger partial charge in [0.1, 0.15) is 5.82 Å². The number of H-pyrrole nitrogens is 1. The molecule has 1 aromatic heterocycles. The highest BCUT2D eigenvalue weighted by atomic mass is 32.1. The number of aromatic nitrogens is 3. The van der Waals surface area contributed by atoms with Crippen molar-refractivity contribution in [3.05, 3.63) is 10.6 Å². The number of hydrogen-bond donors (Lipinski definition) is 1. The number of aromatic amines is 1. The monoisotopic (exact) mass is 257 g/mol. The molecule has 0 unspecified atom stereocenters. The third-order valence-corrected chi connectivity index (χ3v) is 3.07. The summed E-state index contributed by atoms with van der Waals surface area (Å²) in [5.74, 6) is 1.06.